The topological polar surface area (TPSA) is 32.3 Å². The Balaban J connectivity index is 1.41. The Kier molecular flexibility index (Phi) is 1.79. The normalized spacial score (nSPS) is 61.0. The van der Waals surface area contributed by atoms with Crippen LogP contribution in [0, 0.1) is 23.7 Å². The molecule has 0 aliphatic heterocycles. The van der Waals surface area contributed by atoms with Crippen molar-refractivity contribution in [1.82, 2.24) is 5.32 Å². The van der Waals surface area contributed by atoms with Crippen LogP contribution in [0.1, 0.15) is 38.5 Å². The Morgan fingerprint density at radius 1 is 0.933 bits per heavy atom. The summed E-state index contributed by atoms with van der Waals surface area (Å²) in [6.07, 6.45) is 7.91. The van der Waals surface area contributed by atoms with Gasteiger partial charge in [-0.25, -0.2) is 0 Å². The number of nitrogens with one attached hydrogen (secondary N) is 1. The fourth-order valence-electron chi connectivity index (χ4n) is 4.93. The van der Waals surface area contributed by atoms with E-state index in [2.05, 4.69) is 5.32 Å². The molecule has 4 aliphatic carbocycles. The Hall–Kier alpha value is -0.0800. The van der Waals surface area contributed by atoms with E-state index in [1.807, 2.05) is 0 Å². The van der Waals surface area contributed by atoms with E-state index in [0.717, 1.165) is 36.1 Å². The van der Waals surface area contributed by atoms with Crippen molar-refractivity contribution >= 4 is 0 Å². The van der Waals surface area contributed by atoms with E-state index >= 15 is 0 Å². The van der Waals surface area contributed by atoms with Crippen molar-refractivity contribution in [2.75, 3.05) is 0 Å². The third-order valence-corrected chi connectivity index (χ3v) is 5.62. The van der Waals surface area contributed by atoms with Crippen molar-refractivity contribution in [3.8, 4) is 0 Å². The van der Waals surface area contributed by atoms with Crippen molar-refractivity contribution < 1.29 is 5.11 Å². The molecule has 4 fully saturated rings. The van der Waals surface area contributed by atoms with E-state index in [4.69, 9.17) is 0 Å². The highest BCUT2D eigenvalue weighted by atomic mass is 16.3. The number of hydrogen-bond acceptors (Lipinski definition) is 2. The molecule has 2 bridgehead atoms. The minimum Gasteiger partial charge on any atom is -0.392 e. The van der Waals surface area contributed by atoms with Gasteiger partial charge in [-0.1, -0.05) is 0 Å². The van der Waals surface area contributed by atoms with E-state index in [1.54, 1.807) is 0 Å². The SMILES string of the molecule is O[C@@H]1CCC[C@H]1NC1C2C3CCC(C3)C12. The molecule has 0 aromatic heterocycles. The molecule has 4 aliphatic rings. The molecule has 6 atom stereocenters. The predicted molar refractivity (Wildman–Crippen MR) is 58.4 cm³/mol. The lowest BCUT2D eigenvalue weighted by Gasteiger charge is -2.19. The smallest absolute Gasteiger partial charge is 0.0693 e. The van der Waals surface area contributed by atoms with Crippen LogP contribution in [0.25, 0.3) is 0 Å². The third-order valence-electron chi connectivity index (χ3n) is 5.62. The van der Waals surface area contributed by atoms with Crippen LogP contribution in [-0.2, 0) is 0 Å². The molecule has 0 heterocycles. The fraction of sp³-hybridized carbons (Fsp3) is 1.00. The Morgan fingerprint density at radius 2 is 1.67 bits per heavy atom. The predicted octanol–water partition coefficient (Wildman–Crippen LogP) is 1.53. The zero-order valence-electron chi connectivity index (χ0n) is 9.23. The van der Waals surface area contributed by atoms with Gasteiger partial charge in [0.05, 0.1) is 6.10 Å². The second-order valence-electron chi connectivity index (χ2n) is 6.29. The first-order chi connectivity index (χ1) is 7.34. The first kappa shape index (κ1) is 9.00. The molecule has 15 heavy (non-hydrogen) atoms. The zero-order chi connectivity index (χ0) is 9.99. The molecule has 2 N–H and O–H groups in total. The van der Waals surface area contributed by atoms with Gasteiger partial charge in [-0.05, 0) is 62.2 Å². The quantitative estimate of drug-likeness (QED) is 0.720. The number of hydrogen-bond donors (Lipinski definition) is 2. The summed E-state index contributed by atoms with van der Waals surface area (Å²) < 4.78 is 0. The Morgan fingerprint density at radius 3 is 2.27 bits per heavy atom. The molecule has 84 valence electrons. The summed E-state index contributed by atoms with van der Waals surface area (Å²) in [6.45, 7) is 0. The van der Waals surface area contributed by atoms with E-state index in [1.165, 1.54) is 32.1 Å². The highest BCUT2D eigenvalue weighted by Crippen LogP contribution is 2.65. The van der Waals surface area contributed by atoms with Crippen molar-refractivity contribution in [1.29, 1.82) is 0 Å². The van der Waals surface area contributed by atoms with Gasteiger partial charge < -0.3 is 10.4 Å². The largest absolute Gasteiger partial charge is 0.392 e. The number of aliphatic hydroxyl groups excluding tert-OH is 1. The van der Waals surface area contributed by atoms with Crippen LogP contribution in [-0.4, -0.2) is 23.3 Å². The minimum absolute atomic E-state index is 0.0519. The third kappa shape index (κ3) is 1.18. The first-order valence-corrected chi connectivity index (χ1v) is 6.79. The Labute approximate surface area is 91.4 Å². The summed E-state index contributed by atoms with van der Waals surface area (Å²) in [7, 11) is 0. The lowest BCUT2D eigenvalue weighted by atomic mass is 10.0. The van der Waals surface area contributed by atoms with E-state index < -0.39 is 0 Å². The van der Waals surface area contributed by atoms with Crippen molar-refractivity contribution in [3.63, 3.8) is 0 Å². The molecule has 4 saturated carbocycles. The van der Waals surface area contributed by atoms with Crippen LogP contribution in [0.15, 0.2) is 0 Å². The van der Waals surface area contributed by atoms with Gasteiger partial charge in [0.2, 0.25) is 0 Å². The maximum atomic E-state index is 9.81. The minimum atomic E-state index is -0.0519. The lowest BCUT2D eigenvalue weighted by molar-refractivity contribution is 0.145. The van der Waals surface area contributed by atoms with Crippen LogP contribution in [0.4, 0.5) is 0 Å². The van der Waals surface area contributed by atoms with Gasteiger partial charge in [0.25, 0.3) is 0 Å². The molecule has 2 heteroatoms. The highest BCUT2D eigenvalue weighted by Gasteiger charge is 2.65. The zero-order valence-corrected chi connectivity index (χ0v) is 9.23. The summed E-state index contributed by atoms with van der Waals surface area (Å²) in [5, 5.41) is 13.6. The van der Waals surface area contributed by atoms with Crippen molar-refractivity contribution in [3.05, 3.63) is 0 Å². The molecular weight excluding hydrogens is 186 g/mol. The van der Waals surface area contributed by atoms with Gasteiger partial charge in [-0.2, -0.15) is 0 Å². The van der Waals surface area contributed by atoms with Gasteiger partial charge in [0.1, 0.15) is 0 Å². The molecule has 0 amide bonds. The monoisotopic (exact) mass is 207 g/mol. The number of aliphatic hydroxyl groups is 1. The van der Waals surface area contributed by atoms with E-state index in [9.17, 15) is 5.11 Å². The van der Waals surface area contributed by atoms with E-state index in [-0.39, 0.29) is 6.10 Å². The molecule has 2 nitrogen and oxygen atoms in total. The van der Waals surface area contributed by atoms with Crippen LogP contribution >= 0.6 is 0 Å². The second kappa shape index (κ2) is 2.98. The molecule has 4 unspecified atom stereocenters. The van der Waals surface area contributed by atoms with Gasteiger partial charge in [0.15, 0.2) is 0 Å². The number of fused-ring (bicyclic) bond motifs is 5. The summed E-state index contributed by atoms with van der Waals surface area (Å²) in [5.74, 6) is 4.13. The van der Waals surface area contributed by atoms with Crippen LogP contribution < -0.4 is 5.32 Å². The molecule has 0 aromatic rings. The first-order valence-electron chi connectivity index (χ1n) is 6.79. The second-order valence-corrected chi connectivity index (χ2v) is 6.29. The average Bonchev–Trinajstić information content (AvgIpc) is 2.62. The van der Waals surface area contributed by atoms with Gasteiger partial charge in [0, 0.05) is 12.1 Å². The number of rotatable bonds is 2. The Bertz CT molecular complexity index is 264. The molecular formula is C13H21NO. The summed E-state index contributed by atoms with van der Waals surface area (Å²) in [4.78, 5) is 0. The van der Waals surface area contributed by atoms with Crippen LogP contribution in [0.5, 0.6) is 0 Å². The fourth-order valence-corrected chi connectivity index (χ4v) is 4.93. The van der Waals surface area contributed by atoms with Crippen LogP contribution in [0.3, 0.4) is 0 Å². The maximum Gasteiger partial charge on any atom is 0.0693 e. The van der Waals surface area contributed by atoms with Gasteiger partial charge in [-0.3, -0.25) is 0 Å². The molecule has 0 saturated heterocycles. The highest BCUT2D eigenvalue weighted by molar-refractivity contribution is 5.17. The maximum absolute atomic E-state index is 9.81. The average molecular weight is 207 g/mol. The van der Waals surface area contributed by atoms with E-state index in [0.29, 0.717) is 6.04 Å². The van der Waals surface area contributed by atoms with Gasteiger partial charge >= 0.3 is 0 Å². The van der Waals surface area contributed by atoms with Gasteiger partial charge in [-0.15, -0.1) is 0 Å². The van der Waals surface area contributed by atoms with Crippen molar-refractivity contribution in [2.45, 2.75) is 56.7 Å². The lowest BCUT2D eigenvalue weighted by Crippen LogP contribution is -2.39. The standard InChI is InChI=1S/C13H21NO/c15-10-3-1-2-9(10)14-13-11-7-4-5-8(6-7)12(11)13/h7-15H,1-6H2/t7?,8?,9-,10-,11?,12?,13?/m1/s1. The van der Waals surface area contributed by atoms with Crippen LogP contribution in [0.2, 0.25) is 0 Å². The summed E-state index contributed by atoms with van der Waals surface area (Å²) in [6, 6.07) is 1.23. The molecule has 0 spiro atoms. The molecule has 0 aromatic carbocycles. The molecule has 4 rings (SSSR count). The summed E-state index contributed by atoms with van der Waals surface area (Å²) in [5.41, 5.74) is 0. The molecule has 0 radical (unpaired) electrons. The summed E-state index contributed by atoms with van der Waals surface area (Å²) >= 11 is 0. The van der Waals surface area contributed by atoms with Crippen molar-refractivity contribution in [2.24, 2.45) is 23.7 Å².